The van der Waals surface area contributed by atoms with Crippen LogP contribution in [0.3, 0.4) is 0 Å². The second-order valence-electron chi connectivity index (χ2n) is 5.94. The molecule has 1 aromatic rings. The van der Waals surface area contributed by atoms with Crippen LogP contribution in [0.1, 0.15) is 36.6 Å². The first-order chi connectivity index (χ1) is 8.34. The number of rotatable bonds is 6. The first-order valence-corrected chi connectivity index (χ1v) is 7.25. The molecule has 18 heavy (non-hydrogen) atoms. The second kappa shape index (κ2) is 6.66. The molecule has 0 aromatic carbocycles. The van der Waals surface area contributed by atoms with Gasteiger partial charge in [0.2, 0.25) is 0 Å². The lowest BCUT2D eigenvalue weighted by molar-refractivity contribution is 0.242. The molecule has 1 unspecified atom stereocenters. The van der Waals surface area contributed by atoms with Crippen molar-refractivity contribution in [2.45, 2.75) is 32.2 Å². The molecule has 1 aromatic heterocycles. The van der Waals surface area contributed by atoms with E-state index in [0.29, 0.717) is 0 Å². The Balaban J connectivity index is 2.62. The Morgan fingerprint density at radius 1 is 1.33 bits per heavy atom. The predicted molar refractivity (Wildman–Crippen MR) is 79.4 cm³/mol. The van der Waals surface area contributed by atoms with Crippen molar-refractivity contribution in [3.05, 3.63) is 21.9 Å². The average Bonchev–Trinajstić information content (AvgIpc) is 2.72. The summed E-state index contributed by atoms with van der Waals surface area (Å²) in [7, 11) is 4.11. The number of likely N-dealkylation sites (N-methyl/N-ethyl adjacent to an activating group) is 1. The molecule has 0 amide bonds. The van der Waals surface area contributed by atoms with Crippen molar-refractivity contribution in [1.82, 2.24) is 10.2 Å². The molecular weight excluding hydrogens is 244 g/mol. The fraction of sp³-hybridized carbons (Fsp3) is 0.714. The third kappa shape index (κ3) is 4.69. The third-order valence-corrected chi connectivity index (χ3v) is 4.47. The maximum atomic E-state index is 9.49. The molecule has 0 spiro atoms. The van der Waals surface area contributed by atoms with Crippen LogP contribution in [0, 0.1) is 0 Å². The maximum Gasteiger partial charge on any atom is 0.0650 e. The van der Waals surface area contributed by atoms with Crippen LogP contribution in [0.25, 0.3) is 0 Å². The zero-order chi connectivity index (χ0) is 13.8. The van der Waals surface area contributed by atoms with Gasteiger partial charge >= 0.3 is 0 Å². The van der Waals surface area contributed by atoms with Gasteiger partial charge in [-0.3, -0.25) is 0 Å². The van der Waals surface area contributed by atoms with Gasteiger partial charge in [0.25, 0.3) is 0 Å². The summed E-state index contributed by atoms with van der Waals surface area (Å²) in [5.41, 5.74) is 0.187. The molecule has 0 bridgehead atoms. The van der Waals surface area contributed by atoms with E-state index < -0.39 is 0 Å². The summed E-state index contributed by atoms with van der Waals surface area (Å²) in [4.78, 5) is 4.72. The number of aliphatic hydroxyl groups is 1. The monoisotopic (exact) mass is 270 g/mol. The Kier molecular flexibility index (Phi) is 5.79. The van der Waals surface area contributed by atoms with Crippen LogP contribution in [0.2, 0.25) is 0 Å². The van der Waals surface area contributed by atoms with Crippen LogP contribution in [-0.4, -0.2) is 43.8 Å². The maximum absolute atomic E-state index is 9.49. The van der Waals surface area contributed by atoms with Crippen LogP contribution in [0.15, 0.2) is 12.1 Å². The lowest BCUT2D eigenvalue weighted by atomic mass is 9.95. The van der Waals surface area contributed by atoms with Gasteiger partial charge in [-0.05, 0) is 31.6 Å². The number of nitrogens with zero attached hydrogens (tertiary/aromatic N) is 1. The van der Waals surface area contributed by atoms with E-state index in [9.17, 15) is 5.11 Å². The zero-order valence-corrected chi connectivity index (χ0v) is 13.0. The minimum absolute atomic E-state index is 0.0612. The molecule has 0 aliphatic heterocycles. The highest BCUT2D eigenvalue weighted by Gasteiger charge is 2.19. The van der Waals surface area contributed by atoms with Crippen molar-refractivity contribution in [3.63, 3.8) is 0 Å². The van der Waals surface area contributed by atoms with Gasteiger partial charge in [0.15, 0.2) is 0 Å². The number of hydrogen-bond acceptors (Lipinski definition) is 4. The quantitative estimate of drug-likeness (QED) is 0.832. The van der Waals surface area contributed by atoms with Crippen molar-refractivity contribution in [2.24, 2.45) is 0 Å². The topological polar surface area (TPSA) is 35.5 Å². The number of nitrogens with one attached hydrogen (secondary N) is 1. The van der Waals surface area contributed by atoms with E-state index in [2.05, 4.69) is 57.2 Å². The van der Waals surface area contributed by atoms with Crippen molar-refractivity contribution in [2.75, 3.05) is 33.8 Å². The summed E-state index contributed by atoms with van der Waals surface area (Å²) in [5, 5.41) is 12.9. The van der Waals surface area contributed by atoms with E-state index in [1.807, 2.05) is 0 Å². The molecule has 1 atom stereocenters. The molecule has 0 saturated heterocycles. The predicted octanol–water partition coefficient (Wildman–Crippen LogP) is 2.23. The van der Waals surface area contributed by atoms with E-state index >= 15 is 0 Å². The van der Waals surface area contributed by atoms with E-state index in [1.54, 1.807) is 11.3 Å². The highest BCUT2D eigenvalue weighted by Crippen LogP contribution is 2.32. The second-order valence-corrected chi connectivity index (χ2v) is 7.06. The largest absolute Gasteiger partial charge is 0.394 e. The summed E-state index contributed by atoms with van der Waals surface area (Å²) < 4.78 is 0. The smallest absolute Gasteiger partial charge is 0.0650 e. The molecule has 0 radical (unpaired) electrons. The van der Waals surface area contributed by atoms with Gasteiger partial charge in [0, 0.05) is 22.8 Å². The fourth-order valence-corrected chi connectivity index (χ4v) is 2.79. The normalized spacial score (nSPS) is 14.2. The van der Waals surface area contributed by atoms with Gasteiger partial charge in [-0.15, -0.1) is 11.3 Å². The first kappa shape index (κ1) is 15.6. The van der Waals surface area contributed by atoms with Crippen molar-refractivity contribution >= 4 is 11.3 Å². The molecule has 0 fully saturated rings. The third-order valence-electron chi connectivity index (χ3n) is 2.84. The van der Waals surface area contributed by atoms with Gasteiger partial charge in [0.05, 0.1) is 12.6 Å². The lowest BCUT2D eigenvalue weighted by Gasteiger charge is -2.18. The van der Waals surface area contributed by atoms with E-state index in [-0.39, 0.29) is 18.1 Å². The van der Waals surface area contributed by atoms with Crippen molar-refractivity contribution < 1.29 is 5.11 Å². The zero-order valence-electron chi connectivity index (χ0n) is 12.2. The average molecular weight is 270 g/mol. The molecule has 1 heterocycles. The summed E-state index contributed by atoms with van der Waals surface area (Å²) in [6.45, 7) is 8.68. The highest BCUT2D eigenvalue weighted by molar-refractivity contribution is 7.12. The summed E-state index contributed by atoms with van der Waals surface area (Å²) in [5.74, 6) is 0. The summed E-state index contributed by atoms with van der Waals surface area (Å²) >= 11 is 1.80. The fourth-order valence-electron chi connectivity index (χ4n) is 1.66. The van der Waals surface area contributed by atoms with Gasteiger partial charge in [-0.25, -0.2) is 0 Å². The SMILES string of the molecule is CN(C)CCNC(CO)c1ccc(C(C)(C)C)s1. The lowest BCUT2D eigenvalue weighted by Crippen LogP contribution is -2.31. The van der Waals surface area contributed by atoms with E-state index in [1.165, 1.54) is 9.75 Å². The van der Waals surface area contributed by atoms with E-state index in [4.69, 9.17) is 0 Å². The molecular formula is C14H26N2OS. The van der Waals surface area contributed by atoms with Crippen LogP contribution in [-0.2, 0) is 5.41 Å². The molecule has 1 rings (SSSR count). The molecule has 104 valence electrons. The van der Waals surface area contributed by atoms with Gasteiger partial charge in [-0.1, -0.05) is 20.8 Å². The number of aliphatic hydroxyl groups excluding tert-OH is 1. The van der Waals surface area contributed by atoms with Gasteiger partial charge in [-0.2, -0.15) is 0 Å². The van der Waals surface area contributed by atoms with Crippen LogP contribution in [0.4, 0.5) is 0 Å². The van der Waals surface area contributed by atoms with Crippen molar-refractivity contribution in [1.29, 1.82) is 0 Å². The molecule has 0 saturated carbocycles. The Bertz CT molecular complexity index is 355. The van der Waals surface area contributed by atoms with E-state index in [0.717, 1.165) is 13.1 Å². The van der Waals surface area contributed by atoms with Gasteiger partial charge in [0.1, 0.15) is 0 Å². The molecule has 0 aliphatic carbocycles. The number of hydrogen-bond donors (Lipinski definition) is 2. The Hall–Kier alpha value is -0.420. The van der Waals surface area contributed by atoms with Crippen LogP contribution in [0.5, 0.6) is 0 Å². The molecule has 2 N–H and O–H groups in total. The van der Waals surface area contributed by atoms with Crippen LogP contribution < -0.4 is 5.32 Å². The van der Waals surface area contributed by atoms with Crippen LogP contribution >= 0.6 is 11.3 Å². The molecule has 3 nitrogen and oxygen atoms in total. The summed E-state index contributed by atoms with van der Waals surface area (Å²) in [6.07, 6.45) is 0. The highest BCUT2D eigenvalue weighted by atomic mass is 32.1. The Morgan fingerprint density at radius 2 is 2.00 bits per heavy atom. The van der Waals surface area contributed by atoms with Crippen molar-refractivity contribution in [3.8, 4) is 0 Å². The van der Waals surface area contributed by atoms with Gasteiger partial charge < -0.3 is 15.3 Å². The Labute approximate surface area is 115 Å². The number of thiophene rings is 1. The summed E-state index contributed by atoms with van der Waals surface area (Å²) in [6, 6.07) is 4.37. The Morgan fingerprint density at radius 3 is 2.44 bits per heavy atom. The molecule has 0 aliphatic rings. The standard InChI is InChI=1S/C14H26N2OS/c1-14(2,3)13-7-6-12(18-13)11(10-17)15-8-9-16(4)5/h6-7,11,15,17H,8-10H2,1-5H3. The minimum atomic E-state index is 0.0612. The minimum Gasteiger partial charge on any atom is -0.394 e. The first-order valence-electron chi connectivity index (χ1n) is 6.43. The molecule has 4 heteroatoms.